The third-order valence-corrected chi connectivity index (χ3v) is 4.07. The lowest BCUT2D eigenvalue weighted by molar-refractivity contribution is 0.101. The standard InChI is InChI=1S/C15H25FN4/c1-4-18-15(12-7-13(16)10-17-9-12)8-14-11-19(2)5-6-20(14)3/h7,9-10,14-15,18H,4-6,8,11H2,1-3H3. The number of nitrogens with one attached hydrogen (secondary N) is 1. The van der Waals surface area contributed by atoms with E-state index in [1.807, 2.05) is 0 Å². The van der Waals surface area contributed by atoms with Crippen LogP contribution in [0.1, 0.15) is 24.9 Å². The Kier molecular flexibility index (Phi) is 5.46. The molecule has 0 saturated carbocycles. The van der Waals surface area contributed by atoms with Crippen LogP contribution in [0.2, 0.25) is 0 Å². The number of likely N-dealkylation sites (N-methyl/N-ethyl adjacent to an activating group) is 2. The van der Waals surface area contributed by atoms with E-state index in [4.69, 9.17) is 0 Å². The first-order valence-corrected chi connectivity index (χ1v) is 7.32. The summed E-state index contributed by atoms with van der Waals surface area (Å²) < 4.78 is 13.4. The Morgan fingerprint density at radius 2 is 2.20 bits per heavy atom. The van der Waals surface area contributed by atoms with E-state index in [2.05, 4.69) is 41.1 Å². The van der Waals surface area contributed by atoms with E-state index in [-0.39, 0.29) is 11.9 Å². The molecule has 0 aromatic carbocycles. The molecule has 2 unspecified atom stereocenters. The number of rotatable bonds is 5. The maximum absolute atomic E-state index is 13.4. The van der Waals surface area contributed by atoms with Crippen molar-refractivity contribution in [1.29, 1.82) is 0 Å². The van der Waals surface area contributed by atoms with Crippen LogP contribution >= 0.6 is 0 Å². The Labute approximate surface area is 121 Å². The minimum Gasteiger partial charge on any atom is -0.310 e. The van der Waals surface area contributed by atoms with Crippen molar-refractivity contribution in [2.45, 2.75) is 25.4 Å². The molecule has 1 aliphatic heterocycles. The summed E-state index contributed by atoms with van der Waals surface area (Å²) in [5.74, 6) is -0.264. The van der Waals surface area contributed by atoms with Crippen molar-refractivity contribution in [3.8, 4) is 0 Å². The van der Waals surface area contributed by atoms with Crippen LogP contribution < -0.4 is 5.32 Å². The first-order chi connectivity index (χ1) is 9.60. The van der Waals surface area contributed by atoms with E-state index in [0.717, 1.165) is 38.2 Å². The van der Waals surface area contributed by atoms with Crippen LogP contribution in [-0.2, 0) is 0 Å². The summed E-state index contributed by atoms with van der Waals surface area (Å²) >= 11 is 0. The average Bonchev–Trinajstić information content (AvgIpc) is 2.42. The van der Waals surface area contributed by atoms with Crippen LogP contribution in [-0.4, -0.2) is 61.1 Å². The fourth-order valence-electron chi connectivity index (χ4n) is 2.83. The van der Waals surface area contributed by atoms with Gasteiger partial charge in [0.1, 0.15) is 5.82 Å². The summed E-state index contributed by atoms with van der Waals surface area (Å²) in [7, 11) is 4.33. The highest BCUT2D eigenvalue weighted by atomic mass is 19.1. The van der Waals surface area contributed by atoms with Crippen molar-refractivity contribution in [3.63, 3.8) is 0 Å². The van der Waals surface area contributed by atoms with E-state index < -0.39 is 0 Å². The van der Waals surface area contributed by atoms with E-state index in [0.29, 0.717) is 6.04 Å². The quantitative estimate of drug-likeness (QED) is 0.886. The van der Waals surface area contributed by atoms with Gasteiger partial charge < -0.3 is 15.1 Å². The normalized spacial score (nSPS) is 22.9. The lowest BCUT2D eigenvalue weighted by Crippen LogP contribution is -2.51. The molecule has 0 radical (unpaired) electrons. The maximum atomic E-state index is 13.4. The molecule has 4 nitrogen and oxygen atoms in total. The van der Waals surface area contributed by atoms with Gasteiger partial charge in [0.15, 0.2) is 0 Å². The van der Waals surface area contributed by atoms with Gasteiger partial charge in [-0.2, -0.15) is 0 Å². The highest BCUT2D eigenvalue weighted by molar-refractivity contribution is 5.15. The summed E-state index contributed by atoms with van der Waals surface area (Å²) in [6, 6.07) is 2.23. The van der Waals surface area contributed by atoms with Crippen LogP contribution in [0, 0.1) is 5.82 Å². The monoisotopic (exact) mass is 280 g/mol. The third-order valence-electron chi connectivity index (χ3n) is 4.07. The molecular weight excluding hydrogens is 255 g/mol. The second kappa shape index (κ2) is 7.11. The van der Waals surface area contributed by atoms with Crippen molar-refractivity contribution >= 4 is 0 Å². The zero-order chi connectivity index (χ0) is 14.5. The highest BCUT2D eigenvalue weighted by Gasteiger charge is 2.25. The van der Waals surface area contributed by atoms with Gasteiger partial charge in [0.05, 0.1) is 6.20 Å². The van der Waals surface area contributed by atoms with Crippen molar-refractivity contribution in [3.05, 3.63) is 29.8 Å². The van der Waals surface area contributed by atoms with Crippen LogP contribution in [0.4, 0.5) is 4.39 Å². The zero-order valence-electron chi connectivity index (χ0n) is 12.6. The third kappa shape index (κ3) is 3.98. The lowest BCUT2D eigenvalue weighted by atomic mass is 9.98. The van der Waals surface area contributed by atoms with E-state index in [1.54, 1.807) is 12.3 Å². The smallest absolute Gasteiger partial charge is 0.141 e. The minimum absolute atomic E-state index is 0.155. The average molecular weight is 280 g/mol. The molecule has 2 rings (SSSR count). The van der Waals surface area contributed by atoms with Crippen LogP contribution in [0.15, 0.2) is 18.5 Å². The van der Waals surface area contributed by atoms with Crippen molar-refractivity contribution in [2.75, 3.05) is 40.3 Å². The lowest BCUT2D eigenvalue weighted by Gasteiger charge is -2.39. The number of hydrogen-bond donors (Lipinski definition) is 1. The zero-order valence-corrected chi connectivity index (χ0v) is 12.6. The molecule has 0 spiro atoms. The Hall–Kier alpha value is -1.04. The molecule has 20 heavy (non-hydrogen) atoms. The van der Waals surface area contributed by atoms with Gasteiger partial charge in [0, 0.05) is 37.9 Å². The molecular formula is C15H25FN4. The predicted molar refractivity (Wildman–Crippen MR) is 79.1 cm³/mol. The van der Waals surface area contributed by atoms with Gasteiger partial charge in [0.2, 0.25) is 0 Å². The topological polar surface area (TPSA) is 31.4 Å². The highest BCUT2D eigenvalue weighted by Crippen LogP contribution is 2.22. The number of hydrogen-bond acceptors (Lipinski definition) is 4. The summed E-state index contributed by atoms with van der Waals surface area (Å²) in [4.78, 5) is 8.73. The molecule has 0 bridgehead atoms. The van der Waals surface area contributed by atoms with Crippen molar-refractivity contribution < 1.29 is 4.39 Å². The fraction of sp³-hybridized carbons (Fsp3) is 0.667. The van der Waals surface area contributed by atoms with Crippen LogP contribution in [0.5, 0.6) is 0 Å². The second-order valence-corrected chi connectivity index (χ2v) is 5.68. The molecule has 2 heterocycles. The molecule has 1 fully saturated rings. The van der Waals surface area contributed by atoms with Gasteiger partial charge in [-0.15, -0.1) is 0 Å². The van der Waals surface area contributed by atoms with Crippen molar-refractivity contribution in [2.24, 2.45) is 0 Å². The molecule has 1 aliphatic rings. The first kappa shape index (κ1) is 15.4. The van der Waals surface area contributed by atoms with Gasteiger partial charge in [0.25, 0.3) is 0 Å². The van der Waals surface area contributed by atoms with Crippen molar-refractivity contribution in [1.82, 2.24) is 20.1 Å². The van der Waals surface area contributed by atoms with Gasteiger partial charge in [-0.1, -0.05) is 6.92 Å². The first-order valence-electron chi connectivity index (χ1n) is 7.32. The molecule has 0 aliphatic carbocycles. The number of piperazine rings is 1. The van der Waals surface area contributed by atoms with E-state index in [9.17, 15) is 4.39 Å². The van der Waals surface area contributed by atoms with E-state index in [1.165, 1.54) is 6.20 Å². The Balaban J connectivity index is 2.08. The predicted octanol–water partition coefficient (Wildman–Crippen LogP) is 1.51. The summed E-state index contributed by atoms with van der Waals surface area (Å²) in [6.07, 6.45) is 4.00. The fourth-order valence-corrected chi connectivity index (χ4v) is 2.83. The summed E-state index contributed by atoms with van der Waals surface area (Å²) in [5.41, 5.74) is 0.938. The van der Waals surface area contributed by atoms with Gasteiger partial charge in [-0.3, -0.25) is 4.98 Å². The number of pyridine rings is 1. The molecule has 2 atom stereocenters. The molecule has 5 heteroatoms. The van der Waals surface area contributed by atoms with Gasteiger partial charge in [-0.05, 0) is 38.7 Å². The van der Waals surface area contributed by atoms with E-state index >= 15 is 0 Å². The minimum atomic E-state index is -0.264. The largest absolute Gasteiger partial charge is 0.310 e. The number of aromatic nitrogens is 1. The summed E-state index contributed by atoms with van der Waals surface area (Å²) in [5, 5.41) is 3.46. The van der Waals surface area contributed by atoms with Crippen LogP contribution in [0.3, 0.4) is 0 Å². The molecule has 1 N–H and O–H groups in total. The van der Waals surface area contributed by atoms with Gasteiger partial charge >= 0.3 is 0 Å². The Bertz CT molecular complexity index is 426. The maximum Gasteiger partial charge on any atom is 0.141 e. The second-order valence-electron chi connectivity index (χ2n) is 5.68. The SMILES string of the molecule is CCNC(CC1CN(C)CCN1C)c1cncc(F)c1. The molecule has 112 valence electrons. The summed E-state index contributed by atoms with van der Waals surface area (Å²) in [6.45, 7) is 6.20. The van der Waals surface area contributed by atoms with Gasteiger partial charge in [-0.25, -0.2) is 4.39 Å². The molecule has 1 saturated heterocycles. The Morgan fingerprint density at radius 3 is 2.90 bits per heavy atom. The Morgan fingerprint density at radius 1 is 1.40 bits per heavy atom. The number of halogens is 1. The molecule has 1 aromatic rings. The van der Waals surface area contributed by atoms with Crippen LogP contribution in [0.25, 0.3) is 0 Å². The molecule has 1 aromatic heterocycles. The molecule has 0 amide bonds. The number of nitrogens with zero attached hydrogens (tertiary/aromatic N) is 3.